The van der Waals surface area contributed by atoms with Crippen LogP contribution in [0.2, 0.25) is 0 Å². The summed E-state index contributed by atoms with van der Waals surface area (Å²) < 4.78 is 15.6. The predicted octanol–water partition coefficient (Wildman–Crippen LogP) is 1.33. The second-order valence-corrected chi connectivity index (χ2v) is 4.92. The minimum Gasteiger partial charge on any atom is -0.396 e. The molecule has 1 aliphatic carbocycles. The van der Waals surface area contributed by atoms with Crippen LogP contribution in [0.4, 0.5) is 5.82 Å². The van der Waals surface area contributed by atoms with Crippen molar-refractivity contribution in [2.45, 2.75) is 32.4 Å². The van der Waals surface area contributed by atoms with Crippen molar-refractivity contribution in [1.82, 2.24) is 9.97 Å². The molecule has 1 heterocycles. The van der Waals surface area contributed by atoms with E-state index in [4.69, 9.17) is 9.42 Å². The Morgan fingerprint density at radius 2 is 2.32 bits per heavy atom. The van der Waals surface area contributed by atoms with Gasteiger partial charge in [-0.15, -0.1) is 9.42 Å². The molecule has 1 fully saturated rings. The van der Waals surface area contributed by atoms with Gasteiger partial charge in [0.15, 0.2) is 0 Å². The number of nitrogens with zero attached hydrogens (tertiary/aromatic N) is 2. The zero-order valence-corrected chi connectivity index (χ0v) is 10.5. The van der Waals surface area contributed by atoms with Crippen molar-refractivity contribution in [3.63, 3.8) is 0 Å². The molecule has 1 unspecified atom stereocenters. The van der Waals surface area contributed by atoms with Crippen LogP contribution in [0.5, 0.6) is 0 Å². The highest BCUT2D eigenvalue weighted by molar-refractivity contribution is 7.32. The highest BCUT2D eigenvalue weighted by Gasteiger charge is 2.40. The fourth-order valence-electron chi connectivity index (χ4n) is 2.23. The van der Waals surface area contributed by atoms with Gasteiger partial charge in [-0.2, -0.15) is 0 Å². The van der Waals surface area contributed by atoms with E-state index in [1.54, 1.807) is 12.3 Å². The van der Waals surface area contributed by atoms with Gasteiger partial charge in [-0.25, -0.2) is 9.97 Å². The molecule has 0 amide bonds. The first kappa shape index (κ1) is 15.9. The van der Waals surface area contributed by atoms with Gasteiger partial charge in [0.1, 0.15) is 18.2 Å². The molecule has 7 nitrogen and oxygen atoms in total. The van der Waals surface area contributed by atoms with Crippen molar-refractivity contribution in [3.05, 3.63) is 18.6 Å². The largest absolute Gasteiger partial charge is 0.695 e. The van der Waals surface area contributed by atoms with Crippen LogP contribution >= 0.6 is 8.25 Å². The lowest BCUT2D eigenvalue weighted by molar-refractivity contribution is 0.106. The van der Waals surface area contributed by atoms with E-state index in [9.17, 15) is 9.67 Å². The molecule has 0 bridgehead atoms. The molecule has 2 rings (SSSR count). The van der Waals surface area contributed by atoms with Gasteiger partial charge in [0, 0.05) is 29.3 Å². The number of aliphatic hydroxyl groups is 1. The van der Waals surface area contributed by atoms with Crippen molar-refractivity contribution in [2.75, 3.05) is 11.9 Å². The molecule has 1 aromatic heterocycles. The molecular weight excluding hydrogens is 269 g/mol. The summed E-state index contributed by atoms with van der Waals surface area (Å²) in [6.45, 7) is -0.0597. The Labute approximate surface area is 113 Å². The average Bonchev–Trinajstić information content (AvgIpc) is 2.71. The predicted molar refractivity (Wildman–Crippen MR) is 70.7 cm³/mol. The van der Waals surface area contributed by atoms with Crippen molar-refractivity contribution >= 4 is 14.1 Å². The highest BCUT2D eigenvalue weighted by atomic mass is 31.1. The van der Waals surface area contributed by atoms with E-state index < -0.39 is 14.4 Å². The average molecular weight is 288 g/mol. The van der Waals surface area contributed by atoms with Gasteiger partial charge >= 0.3 is 8.25 Å². The molecule has 0 radical (unpaired) electrons. The van der Waals surface area contributed by atoms with Gasteiger partial charge in [-0.3, -0.25) is 0 Å². The third kappa shape index (κ3) is 4.47. The van der Waals surface area contributed by atoms with Gasteiger partial charge in [0.2, 0.25) is 0 Å². The Hall–Kier alpha value is -1.14. The van der Waals surface area contributed by atoms with Crippen LogP contribution in [0.25, 0.3) is 0 Å². The van der Waals surface area contributed by atoms with E-state index in [1.807, 2.05) is 0 Å². The van der Waals surface area contributed by atoms with Crippen LogP contribution in [-0.2, 0) is 9.09 Å². The summed E-state index contributed by atoms with van der Waals surface area (Å²) in [4.78, 5) is 16.6. The maximum Gasteiger partial charge on any atom is 0.695 e. The van der Waals surface area contributed by atoms with E-state index in [0.717, 1.165) is 0 Å². The summed E-state index contributed by atoms with van der Waals surface area (Å²) in [7, 11) is -2.64. The Balaban J connectivity index is 0.00000180. The molecule has 1 aliphatic rings. The molecule has 3 N–H and O–H groups in total. The zero-order valence-electron chi connectivity index (χ0n) is 9.64. The van der Waals surface area contributed by atoms with Gasteiger partial charge in [0.25, 0.3) is 0 Å². The van der Waals surface area contributed by atoms with Gasteiger partial charge in [-0.05, 0) is 18.9 Å². The number of aliphatic hydroxyl groups excluding tert-OH is 1. The first-order valence-electron chi connectivity index (χ1n) is 5.65. The molecular formula is C11H19N3O4P+. The molecule has 0 aliphatic heterocycles. The third-order valence-electron chi connectivity index (χ3n) is 3.02. The van der Waals surface area contributed by atoms with Crippen molar-refractivity contribution in [1.29, 1.82) is 0 Å². The number of anilines is 1. The number of hydrogen-bond donors (Lipinski definition) is 3. The molecule has 106 valence electrons. The van der Waals surface area contributed by atoms with Crippen LogP contribution in [-0.4, -0.2) is 38.7 Å². The lowest BCUT2D eigenvalue weighted by atomic mass is 10.1. The van der Waals surface area contributed by atoms with Crippen molar-refractivity contribution < 1.29 is 19.1 Å². The first-order chi connectivity index (χ1) is 8.69. The minimum atomic E-state index is -2.64. The quantitative estimate of drug-likeness (QED) is 0.702. The van der Waals surface area contributed by atoms with Crippen LogP contribution in [0, 0.1) is 5.92 Å². The molecule has 0 aromatic carbocycles. The molecule has 8 heteroatoms. The molecule has 4 atom stereocenters. The Morgan fingerprint density at radius 1 is 1.53 bits per heavy atom. The highest BCUT2D eigenvalue weighted by Crippen LogP contribution is 2.35. The Bertz CT molecular complexity index is 406. The number of nitrogens with one attached hydrogen (secondary N) is 1. The van der Waals surface area contributed by atoms with E-state index in [0.29, 0.717) is 18.7 Å². The zero-order chi connectivity index (χ0) is 13.0. The molecule has 19 heavy (non-hydrogen) atoms. The van der Waals surface area contributed by atoms with E-state index >= 15 is 0 Å². The fraction of sp³-hybridized carbons (Fsp3) is 0.636. The summed E-state index contributed by atoms with van der Waals surface area (Å²) in [5.41, 5.74) is 0. The maximum absolute atomic E-state index is 10.7. The summed E-state index contributed by atoms with van der Waals surface area (Å²) >= 11 is 0. The summed E-state index contributed by atoms with van der Waals surface area (Å²) in [6, 6.07) is 1.81. The van der Waals surface area contributed by atoms with E-state index in [-0.39, 0.29) is 26.0 Å². The number of aromatic nitrogens is 2. The first-order valence-corrected chi connectivity index (χ1v) is 6.78. The maximum atomic E-state index is 10.7. The second kappa shape index (κ2) is 7.45. The van der Waals surface area contributed by atoms with Gasteiger partial charge in [-0.1, -0.05) is 7.43 Å². The van der Waals surface area contributed by atoms with Crippen molar-refractivity contribution in [2.24, 2.45) is 5.92 Å². The number of hydrogen-bond acceptors (Lipinski definition) is 6. The summed E-state index contributed by atoms with van der Waals surface area (Å²) in [5.74, 6) is 0.566. The third-order valence-corrected chi connectivity index (χ3v) is 3.48. The monoisotopic (exact) mass is 288 g/mol. The number of rotatable bonds is 5. The lowest BCUT2D eigenvalue weighted by Gasteiger charge is -2.12. The summed E-state index contributed by atoms with van der Waals surface area (Å²) in [5, 5.41) is 12.4. The lowest BCUT2D eigenvalue weighted by Crippen LogP contribution is -2.18. The van der Waals surface area contributed by atoms with Crippen LogP contribution < -0.4 is 5.32 Å². The van der Waals surface area contributed by atoms with E-state index in [2.05, 4.69) is 15.3 Å². The SMILES string of the molecule is C.O=[P+](O)O[C@H]1C[C@H](Nc2ccncn2)C[C@@H]1CO. The van der Waals surface area contributed by atoms with Crippen LogP contribution in [0.1, 0.15) is 20.3 Å². The Morgan fingerprint density at radius 3 is 2.89 bits per heavy atom. The van der Waals surface area contributed by atoms with Gasteiger partial charge < -0.3 is 10.4 Å². The summed E-state index contributed by atoms with van der Waals surface area (Å²) in [6.07, 6.45) is 3.92. The smallest absolute Gasteiger partial charge is 0.396 e. The Kier molecular flexibility index (Phi) is 6.24. The second-order valence-electron chi connectivity index (χ2n) is 4.23. The minimum absolute atomic E-state index is 0. The van der Waals surface area contributed by atoms with Gasteiger partial charge in [0.05, 0.1) is 0 Å². The molecule has 1 saturated carbocycles. The topological polar surface area (TPSA) is 105 Å². The molecule has 0 spiro atoms. The molecule has 1 aromatic rings. The normalized spacial score (nSPS) is 26.6. The van der Waals surface area contributed by atoms with E-state index in [1.165, 1.54) is 6.33 Å². The van der Waals surface area contributed by atoms with Crippen LogP contribution in [0.3, 0.4) is 0 Å². The standard InChI is InChI=1S/C10H14N3O4P.CH4/c14-5-7-3-8(4-9(7)17-18(15)16)13-10-1-2-11-6-12-10;/h1-2,6-9,14H,3-5H2,(H-,11,12,13,15,16);1H4/p+1/t7-,8-,9+;/m1./s1. The van der Waals surface area contributed by atoms with Crippen molar-refractivity contribution in [3.8, 4) is 0 Å². The van der Waals surface area contributed by atoms with Crippen LogP contribution in [0.15, 0.2) is 18.6 Å². The molecule has 0 saturated heterocycles. The fourth-order valence-corrected chi connectivity index (χ4v) is 2.72.